The predicted octanol–water partition coefficient (Wildman–Crippen LogP) is 4.71. The van der Waals surface area contributed by atoms with Gasteiger partial charge in [-0.1, -0.05) is 64.7 Å². The van der Waals surface area contributed by atoms with Gasteiger partial charge in [-0.15, -0.1) is 0 Å². The average molecular weight is 282 g/mol. The molecule has 1 saturated heterocycles. The van der Waals surface area contributed by atoms with E-state index in [1.807, 2.05) is 4.90 Å². The summed E-state index contributed by atoms with van der Waals surface area (Å²) in [6, 6.07) is 0.162. The maximum Gasteiger partial charge on any atom is 0.317 e. The zero-order chi connectivity index (χ0) is 14.5. The number of rotatable bonds is 9. The number of carbonyl (C=O) groups excluding carboxylic acids is 1. The van der Waals surface area contributed by atoms with Crippen molar-refractivity contribution in [2.24, 2.45) is 0 Å². The number of urea groups is 1. The minimum absolute atomic E-state index is 0.162. The van der Waals surface area contributed by atoms with Crippen LogP contribution in [0.25, 0.3) is 0 Å². The third-order valence-electron chi connectivity index (χ3n) is 4.20. The van der Waals surface area contributed by atoms with Gasteiger partial charge in [-0.2, -0.15) is 0 Å². The number of amides is 2. The van der Waals surface area contributed by atoms with E-state index in [-0.39, 0.29) is 6.03 Å². The molecular formula is C17H34N2O. The number of carbonyl (C=O) groups is 1. The summed E-state index contributed by atoms with van der Waals surface area (Å²) in [5.41, 5.74) is 0. The Morgan fingerprint density at radius 3 is 2.00 bits per heavy atom. The van der Waals surface area contributed by atoms with E-state index in [1.165, 1.54) is 70.6 Å². The maximum atomic E-state index is 12.0. The minimum atomic E-state index is 0.162. The number of likely N-dealkylation sites (tertiary alicyclic amines) is 1. The Hall–Kier alpha value is -0.730. The summed E-state index contributed by atoms with van der Waals surface area (Å²) in [5, 5.41) is 3.08. The highest BCUT2D eigenvalue weighted by Gasteiger charge is 2.14. The van der Waals surface area contributed by atoms with Gasteiger partial charge in [-0.05, 0) is 19.3 Å². The molecule has 0 atom stereocenters. The van der Waals surface area contributed by atoms with Gasteiger partial charge in [0.15, 0.2) is 0 Å². The lowest BCUT2D eigenvalue weighted by Gasteiger charge is -2.20. The summed E-state index contributed by atoms with van der Waals surface area (Å²) in [4.78, 5) is 14.0. The highest BCUT2D eigenvalue weighted by atomic mass is 16.2. The predicted molar refractivity (Wildman–Crippen MR) is 86.0 cm³/mol. The molecule has 2 amide bonds. The van der Waals surface area contributed by atoms with Crippen molar-refractivity contribution >= 4 is 6.03 Å². The van der Waals surface area contributed by atoms with Gasteiger partial charge in [-0.25, -0.2) is 4.79 Å². The molecule has 0 spiro atoms. The molecule has 0 bridgehead atoms. The fourth-order valence-electron chi connectivity index (χ4n) is 2.84. The topological polar surface area (TPSA) is 32.3 Å². The smallest absolute Gasteiger partial charge is 0.317 e. The lowest BCUT2D eigenvalue weighted by atomic mass is 10.1. The number of hydrogen-bond donors (Lipinski definition) is 1. The van der Waals surface area contributed by atoms with Gasteiger partial charge < -0.3 is 10.2 Å². The van der Waals surface area contributed by atoms with Crippen molar-refractivity contribution in [2.45, 2.75) is 84.0 Å². The molecule has 3 heteroatoms. The molecule has 1 heterocycles. The number of unbranched alkanes of at least 4 members (excludes halogenated alkanes) is 7. The molecule has 0 aromatic rings. The normalized spacial score (nSPS) is 15.9. The third-order valence-corrected chi connectivity index (χ3v) is 4.20. The summed E-state index contributed by atoms with van der Waals surface area (Å²) < 4.78 is 0. The lowest BCUT2D eigenvalue weighted by molar-refractivity contribution is 0.199. The van der Waals surface area contributed by atoms with Crippen LogP contribution < -0.4 is 5.32 Å². The van der Waals surface area contributed by atoms with Crippen LogP contribution in [0.2, 0.25) is 0 Å². The molecule has 1 aliphatic rings. The number of nitrogens with one attached hydrogen (secondary N) is 1. The first-order chi connectivity index (χ1) is 9.84. The van der Waals surface area contributed by atoms with Crippen LogP contribution >= 0.6 is 0 Å². The number of hydrogen-bond acceptors (Lipinski definition) is 1. The Labute approximate surface area is 125 Å². The van der Waals surface area contributed by atoms with Crippen LogP contribution in [0.5, 0.6) is 0 Å². The van der Waals surface area contributed by atoms with Crippen molar-refractivity contribution < 1.29 is 4.79 Å². The van der Waals surface area contributed by atoms with Crippen LogP contribution in [-0.2, 0) is 0 Å². The second kappa shape index (κ2) is 12.0. The molecule has 20 heavy (non-hydrogen) atoms. The molecule has 0 unspecified atom stereocenters. The van der Waals surface area contributed by atoms with Crippen molar-refractivity contribution in [1.29, 1.82) is 0 Å². The summed E-state index contributed by atoms with van der Waals surface area (Å²) >= 11 is 0. The van der Waals surface area contributed by atoms with E-state index in [4.69, 9.17) is 0 Å². The summed E-state index contributed by atoms with van der Waals surface area (Å²) in [6.45, 7) is 5.00. The zero-order valence-electron chi connectivity index (χ0n) is 13.5. The highest BCUT2D eigenvalue weighted by molar-refractivity contribution is 5.74. The average Bonchev–Trinajstić information content (AvgIpc) is 2.74. The molecule has 0 aromatic heterocycles. The fourth-order valence-corrected chi connectivity index (χ4v) is 2.84. The fraction of sp³-hybridized carbons (Fsp3) is 0.941. The monoisotopic (exact) mass is 282 g/mol. The van der Waals surface area contributed by atoms with Crippen molar-refractivity contribution in [1.82, 2.24) is 10.2 Å². The van der Waals surface area contributed by atoms with Gasteiger partial charge in [0.05, 0.1) is 0 Å². The molecule has 1 N–H and O–H groups in total. The van der Waals surface area contributed by atoms with Crippen LogP contribution in [0.15, 0.2) is 0 Å². The van der Waals surface area contributed by atoms with E-state index in [0.717, 1.165) is 26.1 Å². The molecule has 1 fully saturated rings. The van der Waals surface area contributed by atoms with Gasteiger partial charge in [0, 0.05) is 19.6 Å². The first kappa shape index (κ1) is 17.3. The van der Waals surface area contributed by atoms with Crippen molar-refractivity contribution in [2.75, 3.05) is 19.6 Å². The van der Waals surface area contributed by atoms with Gasteiger partial charge in [-0.3, -0.25) is 0 Å². The molecular weight excluding hydrogens is 248 g/mol. The summed E-state index contributed by atoms with van der Waals surface area (Å²) in [7, 11) is 0. The minimum Gasteiger partial charge on any atom is -0.338 e. The highest BCUT2D eigenvalue weighted by Crippen LogP contribution is 2.10. The Morgan fingerprint density at radius 2 is 1.40 bits per heavy atom. The van der Waals surface area contributed by atoms with Crippen LogP contribution in [0.3, 0.4) is 0 Å². The molecule has 1 rings (SSSR count). The van der Waals surface area contributed by atoms with Crippen molar-refractivity contribution in [3.8, 4) is 0 Å². The van der Waals surface area contributed by atoms with E-state index in [9.17, 15) is 4.79 Å². The quantitative estimate of drug-likeness (QED) is 0.610. The van der Waals surface area contributed by atoms with E-state index in [1.54, 1.807) is 0 Å². The van der Waals surface area contributed by atoms with E-state index < -0.39 is 0 Å². The largest absolute Gasteiger partial charge is 0.338 e. The van der Waals surface area contributed by atoms with Crippen molar-refractivity contribution in [3.05, 3.63) is 0 Å². The molecule has 0 aromatic carbocycles. The zero-order valence-corrected chi connectivity index (χ0v) is 13.5. The summed E-state index contributed by atoms with van der Waals surface area (Å²) in [5.74, 6) is 0. The molecule has 0 saturated carbocycles. The Kier molecular flexibility index (Phi) is 10.4. The van der Waals surface area contributed by atoms with E-state index in [0.29, 0.717) is 0 Å². The van der Waals surface area contributed by atoms with E-state index >= 15 is 0 Å². The second-order valence-corrected chi connectivity index (χ2v) is 6.11. The molecule has 0 radical (unpaired) electrons. The first-order valence-electron chi connectivity index (χ1n) is 8.87. The van der Waals surface area contributed by atoms with Crippen LogP contribution in [0.1, 0.15) is 84.0 Å². The summed E-state index contributed by atoms with van der Waals surface area (Å²) in [6.07, 6.45) is 15.5. The standard InChI is InChI=1S/C17H34N2O/c1-2-3-4-5-6-7-8-11-14-18-17(20)19-15-12-9-10-13-16-19/h2-16H2,1H3,(H,18,20). The maximum absolute atomic E-state index is 12.0. The van der Waals surface area contributed by atoms with Crippen LogP contribution in [-0.4, -0.2) is 30.6 Å². The van der Waals surface area contributed by atoms with Gasteiger partial charge >= 0.3 is 6.03 Å². The van der Waals surface area contributed by atoms with Gasteiger partial charge in [0.2, 0.25) is 0 Å². The Bertz CT molecular complexity index is 235. The molecule has 3 nitrogen and oxygen atoms in total. The Balaban J connectivity index is 1.91. The van der Waals surface area contributed by atoms with E-state index in [2.05, 4.69) is 12.2 Å². The van der Waals surface area contributed by atoms with Gasteiger partial charge in [0.25, 0.3) is 0 Å². The second-order valence-electron chi connectivity index (χ2n) is 6.11. The van der Waals surface area contributed by atoms with Crippen LogP contribution in [0, 0.1) is 0 Å². The molecule has 0 aliphatic carbocycles. The van der Waals surface area contributed by atoms with Crippen LogP contribution in [0.4, 0.5) is 4.79 Å². The molecule has 1 aliphatic heterocycles. The lowest BCUT2D eigenvalue weighted by Crippen LogP contribution is -2.40. The first-order valence-corrected chi connectivity index (χ1v) is 8.87. The van der Waals surface area contributed by atoms with Gasteiger partial charge in [0.1, 0.15) is 0 Å². The SMILES string of the molecule is CCCCCCCCCCNC(=O)N1CCCCCC1. The number of nitrogens with zero attached hydrogens (tertiary/aromatic N) is 1. The third kappa shape index (κ3) is 8.44. The van der Waals surface area contributed by atoms with Crippen molar-refractivity contribution in [3.63, 3.8) is 0 Å². The molecule has 118 valence electrons. The Morgan fingerprint density at radius 1 is 0.850 bits per heavy atom.